The molecule has 6 heteroatoms. The minimum atomic E-state index is -0.679. The van der Waals surface area contributed by atoms with Crippen molar-refractivity contribution in [2.24, 2.45) is 0 Å². The van der Waals surface area contributed by atoms with Crippen molar-refractivity contribution >= 4 is 11.0 Å². The minimum Gasteiger partial charge on any atom is -0.494 e. The van der Waals surface area contributed by atoms with E-state index >= 15 is 0 Å². The highest BCUT2D eigenvalue weighted by Crippen LogP contribution is 2.20. The number of aliphatic hydroxyl groups is 2. The van der Waals surface area contributed by atoms with E-state index in [0.717, 1.165) is 22.6 Å². The third-order valence-corrected chi connectivity index (χ3v) is 4.26. The van der Waals surface area contributed by atoms with Crippen molar-refractivity contribution in [3.05, 3.63) is 54.4 Å². The van der Waals surface area contributed by atoms with E-state index in [1.165, 1.54) is 0 Å². The molecule has 1 aromatic heterocycles. The van der Waals surface area contributed by atoms with Crippen LogP contribution < -0.4 is 9.47 Å². The molecule has 2 aromatic carbocycles. The Hall–Kier alpha value is -2.57. The van der Waals surface area contributed by atoms with Crippen LogP contribution in [0.15, 0.2) is 48.5 Å². The smallest absolute Gasteiger partial charge is 0.119 e. The summed E-state index contributed by atoms with van der Waals surface area (Å²) in [6.07, 6.45) is 0.627. The van der Waals surface area contributed by atoms with Gasteiger partial charge in [0.15, 0.2) is 0 Å². The highest BCUT2D eigenvalue weighted by atomic mass is 16.5. The molecule has 27 heavy (non-hydrogen) atoms. The largest absolute Gasteiger partial charge is 0.494 e. The Morgan fingerprint density at radius 3 is 2.44 bits per heavy atom. The molecule has 0 aliphatic carbocycles. The van der Waals surface area contributed by atoms with Crippen LogP contribution in [0, 0.1) is 0 Å². The average Bonchev–Trinajstić information content (AvgIpc) is 3.03. The number of fused-ring (bicyclic) bond motifs is 1. The first-order valence-corrected chi connectivity index (χ1v) is 9.30. The third-order valence-electron chi connectivity index (χ3n) is 4.26. The highest BCUT2D eigenvalue weighted by molar-refractivity contribution is 5.75. The molecule has 2 N–H and O–H groups in total. The zero-order valence-electron chi connectivity index (χ0n) is 15.5. The van der Waals surface area contributed by atoms with E-state index in [2.05, 4.69) is 4.98 Å². The quantitative estimate of drug-likeness (QED) is 0.574. The van der Waals surface area contributed by atoms with E-state index < -0.39 is 6.10 Å². The van der Waals surface area contributed by atoms with Gasteiger partial charge in [-0.3, -0.25) is 0 Å². The van der Waals surface area contributed by atoms with E-state index in [1.54, 1.807) is 0 Å². The number of aliphatic hydroxyl groups excluding tert-OH is 2. The summed E-state index contributed by atoms with van der Waals surface area (Å²) in [4.78, 5) is 4.63. The van der Waals surface area contributed by atoms with Gasteiger partial charge in [0, 0.05) is 13.0 Å². The predicted molar refractivity (Wildman–Crippen MR) is 104 cm³/mol. The van der Waals surface area contributed by atoms with E-state index in [-0.39, 0.29) is 13.2 Å². The number of nitrogens with zero attached hydrogens (tertiary/aromatic N) is 2. The Bertz CT molecular complexity index is 845. The van der Waals surface area contributed by atoms with Crippen LogP contribution in [0.25, 0.3) is 11.0 Å². The second-order valence-electron chi connectivity index (χ2n) is 6.32. The van der Waals surface area contributed by atoms with Crippen molar-refractivity contribution in [2.75, 3.05) is 19.8 Å². The number of aromatic nitrogens is 2. The van der Waals surface area contributed by atoms with Gasteiger partial charge in [0.2, 0.25) is 0 Å². The van der Waals surface area contributed by atoms with Gasteiger partial charge in [-0.25, -0.2) is 4.98 Å². The molecule has 1 heterocycles. The molecular formula is C21H26N2O4. The number of benzene rings is 2. The van der Waals surface area contributed by atoms with Crippen LogP contribution in [-0.2, 0) is 13.0 Å². The van der Waals surface area contributed by atoms with Crippen LogP contribution in [0.3, 0.4) is 0 Å². The number of hydrogen-bond donors (Lipinski definition) is 2. The lowest BCUT2D eigenvalue weighted by molar-refractivity contribution is 0.0926. The van der Waals surface area contributed by atoms with Gasteiger partial charge in [-0.05, 0) is 49.7 Å². The Labute approximate surface area is 159 Å². The Morgan fingerprint density at radius 2 is 1.74 bits per heavy atom. The monoisotopic (exact) mass is 370 g/mol. The van der Waals surface area contributed by atoms with Crippen molar-refractivity contribution in [1.82, 2.24) is 9.55 Å². The summed E-state index contributed by atoms with van der Waals surface area (Å²) >= 11 is 0. The molecule has 0 fully saturated rings. The summed E-state index contributed by atoms with van der Waals surface area (Å²) < 4.78 is 13.1. The molecular weight excluding hydrogens is 344 g/mol. The lowest BCUT2D eigenvalue weighted by Crippen LogP contribution is -2.24. The highest BCUT2D eigenvalue weighted by Gasteiger charge is 2.14. The van der Waals surface area contributed by atoms with Gasteiger partial charge in [0.25, 0.3) is 0 Å². The fraction of sp³-hybridized carbons (Fsp3) is 0.381. The van der Waals surface area contributed by atoms with E-state index in [9.17, 15) is 5.11 Å². The molecule has 0 aliphatic rings. The molecule has 0 unspecified atom stereocenters. The zero-order chi connectivity index (χ0) is 19.1. The van der Waals surface area contributed by atoms with Crippen molar-refractivity contribution < 1.29 is 19.7 Å². The number of aryl methyl sites for hydroxylation is 1. The maximum Gasteiger partial charge on any atom is 0.119 e. The van der Waals surface area contributed by atoms with Gasteiger partial charge in [-0.15, -0.1) is 0 Å². The molecule has 3 aromatic rings. The third kappa shape index (κ3) is 4.99. The fourth-order valence-electron chi connectivity index (χ4n) is 3.01. The number of ether oxygens (including phenoxy) is 2. The molecule has 0 amide bonds. The van der Waals surface area contributed by atoms with Gasteiger partial charge in [-0.2, -0.15) is 0 Å². The van der Waals surface area contributed by atoms with Gasteiger partial charge < -0.3 is 24.3 Å². The topological polar surface area (TPSA) is 76.7 Å². The maximum atomic E-state index is 10.5. The average molecular weight is 370 g/mol. The normalized spacial score (nSPS) is 12.3. The standard InChI is InChI=1S/C21H26N2O4/c1-2-26-17-9-11-18(12-10-17)27-15-16(25)14-23-20-7-4-3-6-19(20)22-21(23)8-5-13-24/h3-4,6-7,9-12,16,24-25H,2,5,8,13-15H2,1H3/t16-/m0/s1. The summed E-state index contributed by atoms with van der Waals surface area (Å²) in [6, 6.07) is 15.2. The number of rotatable bonds is 10. The van der Waals surface area contributed by atoms with E-state index in [0.29, 0.717) is 31.7 Å². The van der Waals surface area contributed by atoms with Crippen LogP contribution in [0.5, 0.6) is 11.5 Å². The Morgan fingerprint density at radius 1 is 1.04 bits per heavy atom. The second-order valence-corrected chi connectivity index (χ2v) is 6.32. The summed E-state index contributed by atoms with van der Waals surface area (Å²) in [5.41, 5.74) is 1.87. The van der Waals surface area contributed by atoms with Gasteiger partial charge >= 0.3 is 0 Å². The van der Waals surface area contributed by atoms with Gasteiger partial charge in [-0.1, -0.05) is 12.1 Å². The maximum absolute atomic E-state index is 10.5. The molecule has 1 atom stereocenters. The van der Waals surface area contributed by atoms with Gasteiger partial charge in [0.1, 0.15) is 30.0 Å². The van der Waals surface area contributed by atoms with E-state index in [4.69, 9.17) is 14.6 Å². The van der Waals surface area contributed by atoms with Crippen LogP contribution >= 0.6 is 0 Å². The summed E-state index contributed by atoms with van der Waals surface area (Å²) in [5.74, 6) is 2.35. The number of imidazole rings is 1. The predicted octanol–water partition coefficient (Wildman–Crippen LogP) is 2.80. The molecule has 144 valence electrons. The summed E-state index contributed by atoms with van der Waals surface area (Å²) in [5, 5.41) is 19.6. The molecule has 3 rings (SSSR count). The summed E-state index contributed by atoms with van der Waals surface area (Å²) in [6.45, 7) is 3.25. The summed E-state index contributed by atoms with van der Waals surface area (Å²) in [7, 11) is 0. The van der Waals surface area contributed by atoms with Crippen molar-refractivity contribution in [1.29, 1.82) is 0 Å². The fourth-order valence-corrected chi connectivity index (χ4v) is 3.01. The minimum absolute atomic E-state index is 0.118. The van der Waals surface area contributed by atoms with E-state index in [1.807, 2.05) is 60.0 Å². The first kappa shape index (κ1) is 19.2. The van der Waals surface area contributed by atoms with Crippen LogP contribution in [0.2, 0.25) is 0 Å². The molecule has 0 bridgehead atoms. The Balaban J connectivity index is 1.65. The van der Waals surface area contributed by atoms with Crippen molar-refractivity contribution in [2.45, 2.75) is 32.4 Å². The lowest BCUT2D eigenvalue weighted by atomic mass is 10.2. The Kier molecular flexibility index (Phi) is 6.68. The second kappa shape index (κ2) is 9.39. The lowest BCUT2D eigenvalue weighted by Gasteiger charge is -2.16. The van der Waals surface area contributed by atoms with Crippen LogP contribution in [-0.4, -0.2) is 45.7 Å². The molecule has 6 nitrogen and oxygen atoms in total. The first-order valence-electron chi connectivity index (χ1n) is 9.30. The van der Waals surface area contributed by atoms with Crippen LogP contribution in [0.1, 0.15) is 19.2 Å². The first-order chi connectivity index (χ1) is 13.2. The number of para-hydroxylation sites is 2. The van der Waals surface area contributed by atoms with Crippen LogP contribution in [0.4, 0.5) is 0 Å². The number of hydrogen-bond acceptors (Lipinski definition) is 5. The molecule has 0 radical (unpaired) electrons. The molecule has 0 saturated carbocycles. The molecule has 0 aliphatic heterocycles. The molecule has 0 saturated heterocycles. The zero-order valence-corrected chi connectivity index (χ0v) is 15.5. The molecule has 0 spiro atoms. The van der Waals surface area contributed by atoms with Gasteiger partial charge in [0.05, 0.1) is 24.2 Å². The van der Waals surface area contributed by atoms with Crippen molar-refractivity contribution in [3.63, 3.8) is 0 Å². The van der Waals surface area contributed by atoms with Crippen molar-refractivity contribution in [3.8, 4) is 11.5 Å². The SMILES string of the molecule is CCOc1ccc(OC[C@@H](O)Cn2c(CCCO)nc3ccccc32)cc1.